The molecule has 12 nitrogen and oxygen atoms in total. The molecule has 0 radical (unpaired) electrons. The zero-order valence-electron chi connectivity index (χ0n) is 18.3. The normalized spacial score (nSPS) is 12.6. The summed E-state index contributed by atoms with van der Waals surface area (Å²) in [5.41, 5.74) is 22.2. The first-order valence-corrected chi connectivity index (χ1v) is 10.3. The highest BCUT2D eigenvalue weighted by Crippen LogP contribution is 2.04. The third-order valence-corrected chi connectivity index (χ3v) is 4.46. The molecule has 0 fully saturated rings. The highest BCUT2D eigenvalue weighted by atomic mass is 16.2. The molecule has 3 amide bonds. The molecule has 7 N–H and O–H groups in total. The van der Waals surface area contributed by atoms with Crippen molar-refractivity contribution in [1.82, 2.24) is 16.1 Å². The summed E-state index contributed by atoms with van der Waals surface area (Å²) < 4.78 is 0. The van der Waals surface area contributed by atoms with Crippen molar-refractivity contribution >= 4 is 23.5 Å². The van der Waals surface area contributed by atoms with Crippen molar-refractivity contribution in [3.05, 3.63) is 46.3 Å². The minimum atomic E-state index is -1.01. The van der Waals surface area contributed by atoms with E-state index >= 15 is 0 Å². The lowest BCUT2D eigenvalue weighted by molar-refractivity contribution is -0.130. The maximum absolute atomic E-state index is 12.6. The van der Waals surface area contributed by atoms with Gasteiger partial charge in [0, 0.05) is 5.92 Å². The van der Waals surface area contributed by atoms with E-state index in [9.17, 15) is 19.2 Å². The van der Waals surface area contributed by atoms with Crippen molar-refractivity contribution < 1.29 is 19.2 Å². The van der Waals surface area contributed by atoms with Gasteiger partial charge in [-0.1, -0.05) is 30.3 Å². The van der Waals surface area contributed by atoms with Gasteiger partial charge in [0.2, 0.25) is 17.6 Å². The second-order valence-electron chi connectivity index (χ2n) is 7.12. The van der Waals surface area contributed by atoms with Gasteiger partial charge in [-0.05, 0) is 55.9 Å². The first-order valence-electron chi connectivity index (χ1n) is 10.3. The number of nitrogens with one attached hydrogen (secondary N) is 3. The number of Topliss-reactive ketones (excluding diaryl/α,β-unsaturated/α-hetero) is 1. The first-order chi connectivity index (χ1) is 15.8. The molecule has 0 bridgehead atoms. The molecule has 0 heterocycles. The molecule has 0 unspecified atom stereocenters. The number of benzene rings is 1. The maximum atomic E-state index is 12.6. The van der Waals surface area contributed by atoms with E-state index in [4.69, 9.17) is 17.0 Å². The van der Waals surface area contributed by atoms with E-state index in [1.807, 2.05) is 36.3 Å². The summed E-state index contributed by atoms with van der Waals surface area (Å²) in [4.78, 5) is 51.0. The largest absolute Gasteiger partial charge is 0.387 e. The van der Waals surface area contributed by atoms with Crippen LogP contribution in [0.25, 0.3) is 10.4 Å². The number of nitrogens with zero attached hydrogens (tertiary/aromatic N) is 3. The van der Waals surface area contributed by atoms with Crippen LogP contribution in [0, 0.1) is 11.8 Å². The van der Waals surface area contributed by atoms with Gasteiger partial charge in [-0.25, -0.2) is 4.79 Å². The van der Waals surface area contributed by atoms with E-state index in [2.05, 4.69) is 26.7 Å². The van der Waals surface area contributed by atoms with E-state index in [0.717, 1.165) is 5.56 Å². The topological polar surface area (TPSA) is 205 Å². The Morgan fingerprint density at radius 2 is 1.79 bits per heavy atom. The number of rotatable bonds is 12. The van der Waals surface area contributed by atoms with Crippen LogP contribution in [0.4, 0.5) is 0 Å². The molecule has 0 spiro atoms. The molecule has 0 aliphatic heterocycles. The quantitative estimate of drug-likeness (QED) is 0.0537. The van der Waals surface area contributed by atoms with Crippen LogP contribution < -0.4 is 27.5 Å². The minimum Gasteiger partial charge on any atom is -0.343 e. The molecule has 1 aromatic rings. The average molecular weight is 457 g/mol. The van der Waals surface area contributed by atoms with Gasteiger partial charge in [0.05, 0.1) is 6.04 Å². The number of carbonyl (C=O) groups excluding carboxylic acids is 4. The minimum absolute atomic E-state index is 0.239. The van der Waals surface area contributed by atoms with Crippen molar-refractivity contribution in [3.63, 3.8) is 0 Å². The first kappa shape index (κ1) is 27.1. The molecule has 33 heavy (non-hydrogen) atoms. The van der Waals surface area contributed by atoms with Gasteiger partial charge in [-0.3, -0.25) is 14.4 Å². The monoisotopic (exact) mass is 456 g/mol. The van der Waals surface area contributed by atoms with E-state index in [1.54, 1.807) is 5.43 Å². The number of unbranched alkanes of at least 4 members (excludes halogenated alkanes) is 1. The fourth-order valence-electron chi connectivity index (χ4n) is 2.71. The van der Waals surface area contributed by atoms with Gasteiger partial charge in [0.1, 0.15) is 12.1 Å². The van der Waals surface area contributed by atoms with Crippen molar-refractivity contribution in [1.29, 1.82) is 0 Å². The van der Waals surface area contributed by atoms with Crippen LogP contribution in [0.1, 0.15) is 31.7 Å². The Kier molecular flexibility index (Phi) is 12.3. The molecule has 3 atom stereocenters. The Morgan fingerprint density at radius 3 is 2.42 bits per heavy atom. The second kappa shape index (κ2) is 15.0. The van der Waals surface area contributed by atoms with Crippen LogP contribution >= 0.6 is 0 Å². The molecule has 0 aliphatic rings. The summed E-state index contributed by atoms with van der Waals surface area (Å²) in [7, 11) is 0. The van der Waals surface area contributed by atoms with Crippen LogP contribution in [0.3, 0.4) is 0 Å². The number of hydrogen-bond acceptors (Lipinski definition) is 7. The summed E-state index contributed by atoms with van der Waals surface area (Å²) in [5.74, 6) is 1.29. The summed E-state index contributed by atoms with van der Waals surface area (Å²) in [6, 6.07) is 6.37. The molecule has 1 aromatic carbocycles. The van der Waals surface area contributed by atoms with Gasteiger partial charge < -0.3 is 22.1 Å². The summed E-state index contributed by atoms with van der Waals surface area (Å²) in [6.45, 7) is 1.86. The molecule has 176 valence electrons. The lowest BCUT2D eigenvalue weighted by Gasteiger charge is -2.20. The Balaban J connectivity index is 2.72. The fraction of sp³-hybridized carbons (Fsp3) is 0.429. The van der Waals surface area contributed by atoms with Crippen LogP contribution in [0.5, 0.6) is 0 Å². The van der Waals surface area contributed by atoms with E-state index in [-0.39, 0.29) is 6.42 Å². The molecular formula is C21H28N8O4. The smallest absolute Gasteiger partial charge is 0.343 e. The lowest BCUT2D eigenvalue weighted by atomic mass is 10.0. The standard InChI is InChI=1S/C21H28N8O4/c1-14(25-21(33)16(23)13-15-7-3-2-4-8-15)20(32)26-17(9-5-6-12-22)18(30)10-11-19(31)27-29-28-24/h2-4,7-8,14,16-17H,5-6,9,12-13,22-23H2,1H3,(H,25,33)(H,26,32)(H,27,31)/t14-,16-,17-/m0/s1. The van der Waals surface area contributed by atoms with Crippen LogP contribution in [-0.4, -0.2) is 48.2 Å². The van der Waals surface area contributed by atoms with Gasteiger partial charge in [-0.2, -0.15) is 10.3 Å². The number of carbonyl (C=O) groups is 4. The third-order valence-electron chi connectivity index (χ3n) is 4.46. The molecule has 0 aromatic heterocycles. The summed E-state index contributed by atoms with van der Waals surface area (Å²) in [6.07, 6.45) is 1.69. The molecule has 0 saturated carbocycles. The number of hydrogen-bond donors (Lipinski definition) is 5. The Labute approximate surface area is 191 Å². The fourth-order valence-corrected chi connectivity index (χ4v) is 2.71. The zero-order valence-corrected chi connectivity index (χ0v) is 18.3. The van der Waals surface area contributed by atoms with Crippen LogP contribution in [0.2, 0.25) is 0 Å². The number of amides is 3. The Bertz CT molecular complexity index is 935. The zero-order chi connectivity index (χ0) is 24.6. The van der Waals surface area contributed by atoms with E-state index < -0.39 is 41.6 Å². The number of ketones is 1. The molecule has 1 rings (SSSR count). The average Bonchev–Trinajstić information content (AvgIpc) is 2.80. The Morgan fingerprint density at radius 1 is 1.09 bits per heavy atom. The predicted octanol–water partition coefficient (Wildman–Crippen LogP) is -0.411. The van der Waals surface area contributed by atoms with Crippen molar-refractivity contribution in [2.24, 2.45) is 16.7 Å². The third kappa shape index (κ3) is 10.8. The highest BCUT2D eigenvalue weighted by Gasteiger charge is 2.25. The van der Waals surface area contributed by atoms with Gasteiger partial charge in [0.15, 0.2) is 0 Å². The van der Waals surface area contributed by atoms with Crippen molar-refractivity contribution in [2.45, 2.75) is 50.7 Å². The molecule has 12 heteroatoms. The van der Waals surface area contributed by atoms with Crippen LogP contribution in [-0.2, 0) is 25.6 Å². The summed E-state index contributed by atoms with van der Waals surface area (Å²) in [5, 5.41) is 7.89. The highest BCUT2D eigenvalue weighted by molar-refractivity contribution is 6.07. The SMILES string of the molecule is C[C@H](NC(=O)[C@@H](N)Cc1ccccc1)C(=O)N[C@@H](CCCCN)C(=O)C#CC(=O)NN=[N+]=[N-]. The number of nitrogens with two attached hydrogens (primary N) is 2. The predicted molar refractivity (Wildman–Crippen MR) is 121 cm³/mol. The van der Waals surface area contributed by atoms with Gasteiger partial charge in [0.25, 0.3) is 0 Å². The van der Waals surface area contributed by atoms with Crippen LogP contribution in [0.15, 0.2) is 35.6 Å². The van der Waals surface area contributed by atoms with Crippen molar-refractivity contribution in [2.75, 3.05) is 6.54 Å². The van der Waals surface area contributed by atoms with Gasteiger partial charge in [-0.15, -0.1) is 5.53 Å². The lowest BCUT2D eigenvalue weighted by Crippen LogP contribution is -2.53. The molecular weight excluding hydrogens is 428 g/mol. The summed E-state index contributed by atoms with van der Waals surface area (Å²) >= 11 is 0. The van der Waals surface area contributed by atoms with E-state index in [0.29, 0.717) is 25.8 Å². The maximum Gasteiger partial charge on any atom is 0.387 e. The van der Waals surface area contributed by atoms with E-state index in [1.165, 1.54) is 6.92 Å². The van der Waals surface area contributed by atoms with Crippen molar-refractivity contribution in [3.8, 4) is 11.8 Å². The number of azide groups is 1. The molecule has 0 saturated heterocycles. The molecule has 0 aliphatic carbocycles. The second-order valence-corrected chi connectivity index (χ2v) is 7.12. The Hall–Kier alpha value is -3.91. The van der Waals surface area contributed by atoms with Gasteiger partial charge >= 0.3 is 5.91 Å².